The Labute approximate surface area is 112 Å². The highest BCUT2D eigenvalue weighted by atomic mass is 19.4. The van der Waals surface area contributed by atoms with Crippen LogP contribution in [0.5, 0.6) is 0 Å². The fourth-order valence-electron chi connectivity index (χ4n) is 1.89. The van der Waals surface area contributed by atoms with Crippen LogP contribution >= 0.6 is 0 Å². The number of rotatable bonds is 3. The standard InChI is InChI=1S/C14H10F3NO2/c15-14(16,17)12-4-2-1-3-11(12)10-5-9(6-13(19)20)7-18-8-10/h1-5,7-8H,6H2,(H,19,20). The summed E-state index contributed by atoms with van der Waals surface area (Å²) < 4.78 is 38.8. The second-order valence-corrected chi connectivity index (χ2v) is 4.20. The first kappa shape index (κ1) is 14.0. The molecule has 0 spiro atoms. The van der Waals surface area contributed by atoms with Crippen LogP contribution in [0.1, 0.15) is 11.1 Å². The Hall–Kier alpha value is -2.37. The van der Waals surface area contributed by atoms with E-state index >= 15 is 0 Å². The zero-order valence-corrected chi connectivity index (χ0v) is 10.2. The third kappa shape index (κ3) is 3.14. The largest absolute Gasteiger partial charge is 0.481 e. The van der Waals surface area contributed by atoms with Gasteiger partial charge in [0.1, 0.15) is 0 Å². The van der Waals surface area contributed by atoms with E-state index in [1.807, 2.05) is 0 Å². The van der Waals surface area contributed by atoms with Gasteiger partial charge in [0.05, 0.1) is 12.0 Å². The van der Waals surface area contributed by atoms with Gasteiger partial charge in [-0.3, -0.25) is 9.78 Å². The number of alkyl halides is 3. The SMILES string of the molecule is O=C(O)Cc1cncc(-c2ccccc2C(F)(F)F)c1. The van der Waals surface area contributed by atoms with Crippen molar-refractivity contribution in [1.82, 2.24) is 4.98 Å². The molecule has 0 amide bonds. The number of aliphatic carboxylic acids is 1. The Kier molecular flexibility index (Phi) is 3.74. The molecule has 0 bridgehead atoms. The molecule has 0 atom stereocenters. The molecular weight excluding hydrogens is 271 g/mol. The van der Waals surface area contributed by atoms with Crippen molar-refractivity contribution in [1.29, 1.82) is 0 Å². The predicted molar refractivity (Wildman–Crippen MR) is 66.0 cm³/mol. The molecule has 0 saturated carbocycles. The number of carboxylic acids is 1. The molecule has 104 valence electrons. The number of carbonyl (C=O) groups is 1. The molecule has 0 aliphatic heterocycles. The topological polar surface area (TPSA) is 50.2 Å². The van der Waals surface area contributed by atoms with Gasteiger partial charge in [-0.05, 0) is 23.3 Å². The second-order valence-electron chi connectivity index (χ2n) is 4.20. The molecule has 2 rings (SSSR count). The summed E-state index contributed by atoms with van der Waals surface area (Å²) in [5.74, 6) is -1.06. The van der Waals surface area contributed by atoms with Crippen molar-refractivity contribution >= 4 is 5.97 Å². The Bertz CT molecular complexity index is 638. The summed E-state index contributed by atoms with van der Waals surface area (Å²) in [6, 6.07) is 6.53. The van der Waals surface area contributed by atoms with E-state index in [2.05, 4.69) is 4.98 Å². The summed E-state index contributed by atoms with van der Waals surface area (Å²) in [7, 11) is 0. The van der Waals surface area contributed by atoms with Crippen molar-refractivity contribution in [2.45, 2.75) is 12.6 Å². The van der Waals surface area contributed by atoms with Crippen LogP contribution in [-0.2, 0) is 17.4 Å². The number of pyridine rings is 1. The Balaban J connectivity index is 2.49. The molecule has 1 aromatic heterocycles. The third-order valence-corrected chi connectivity index (χ3v) is 2.69. The van der Waals surface area contributed by atoms with E-state index in [-0.39, 0.29) is 17.5 Å². The molecule has 1 N–H and O–H groups in total. The fourth-order valence-corrected chi connectivity index (χ4v) is 1.89. The lowest BCUT2D eigenvalue weighted by atomic mass is 9.99. The number of hydrogen-bond acceptors (Lipinski definition) is 2. The van der Waals surface area contributed by atoms with Crippen LogP contribution in [0, 0.1) is 0 Å². The van der Waals surface area contributed by atoms with Crippen molar-refractivity contribution in [3.63, 3.8) is 0 Å². The van der Waals surface area contributed by atoms with Gasteiger partial charge >= 0.3 is 12.1 Å². The smallest absolute Gasteiger partial charge is 0.417 e. The van der Waals surface area contributed by atoms with Crippen LogP contribution in [0.2, 0.25) is 0 Å². The van der Waals surface area contributed by atoms with Gasteiger partial charge in [-0.15, -0.1) is 0 Å². The van der Waals surface area contributed by atoms with Gasteiger partial charge in [-0.1, -0.05) is 18.2 Å². The van der Waals surface area contributed by atoms with Gasteiger partial charge < -0.3 is 5.11 Å². The molecule has 1 aromatic carbocycles. The van der Waals surface area contributed by atoms with Crippen molar-refractivity contribution in [3.8, 4) is 11.1 Å². The third-order valence-electron chi connectivity index (χ3n) is 2.69. The van der Waals surface area contributed by atoms with Crippen LogP contribution in [0.4, 0.5) is 13.2 Å². The van der Waals surface area contributed by atoms with E-state index in [0.717, 1.165) is 6.07 Å². The first-order valence-electron chi connectivity index (χ1n) is 5.70. The van der Waals surface area contributed by atoms with E-state index in [9.17, 15) is 18.0 Å². The maximum atomic E-state index is 12.9. The first-order chi connectivity index (χ1) is 9.38. The normalized spacial score (nSPS) is 11.3. The van der Waals surface area contributed by atoms with Gasteiger partial charge in [0, 0.05) is 18.0 Å². The minimum atomic E-state index is -4.47. The minimum absolute atomic E-state index is 0.0141. The summed E-state index contributed by atoms with van der Waals surface area (Å²) >= 11 is 0. The molecule has 0 aliphatic rings. The van der Waals surface area contributed by atoms with E-state index in [0.29, 0.717) is 5.56 Å². The number of nitrogens with zero attached hydrogens (tertiary/aromatic N) is 1. The van der Waals surface area contributed by atoms with E-state index in [1.165, 1.54) is 36.7 Å². The molecule has 0 unspecified atom stereocenters. The average molecular weight is 281 g/mol. The zero-order chi connectivity index (χ0) is 14.8. The summed E-state index contributed by atoms with van der Waals surface area (Å²) in [6.45, 7) is 0. The summed E-state index contributed by atoms with van der Waals surface area (Å²) in [6.07, 6.45) is -2.14. The van der Waals surface area contributed by atoms with Crippen LogP contribution in [0.15, 0.2) is 42.7 Å². The lowest BCUT2D eigenvalue weighted by molar-refractivity contribution is -0.137. The summed E-state index contributed by atoms with van der Waals surface area (Å²) in [4.78, 5) is 14.4. The molecule has 1 heterocycles. The Morgan fingerprint density at radius 2 is 1.90 bits per heavy atom. The minimum Gasteiger partial charge on any atom is -0.481 e. The molecule has 0 aliphatic carbocycles. The molecular formula is C14H10F3NO2. The van der Waals surface area contributed by atoms with Crippen molar-refractivity contribution < 1.29 is 23.1 Å². The number of carboxylic acid groups (broad SMARTS) is 1. The Morgan fingerprint density at radius 1 is 1.20 bits per heavy atom. The number of benzene rings is 1. The lowest BCUT2D eigenvalue weighted by Gasteiger charge is -2.13. The van der Waals surface area contributed by atoms with Crippen LogP contribution in [0.3, 0.4) is 0 Å². The van der Waals surface area contributed by atoms with Gasteiger partial charge in [0.2, 0.25) is 0 Å². The highest BCUT2D eigenvalue weighted by Gasteiger charge is 2.33. The molecule has 6 heteroatoms. The molecule has 20 heavy (non-hydrogen) atoms. The van der Waals surface area contributed by atoms with Crippen LogP contribution in [0.25, 0.3) is 11.1 Å². The molecule has 0 radical (unpaired) electrons. The lowest BCUT2D eigenvalue weighted by Crippen LogP contribution is -2.07. The quantitative estimate of drug-likeness (QED) is 0.938. The molecule has 0 saturated heterocycles. The highest BCUT2D eigenvalue weighted by molar-refractivity contribution is 5.72. The first-order valence-corrected chi connectivity index (χ1v) is 5.70. The number of aromatic nitrogens is 1. The molecule has 2 aromatic rings. The van der Waals surface area contributed by atoms with Crippen LogP contribution < -0.4 is 0 Å². The predicted octanol–water partition coefficient (Wildman–Crippen LogP) is 3.39. The zero-order valence-electron chi connectivity index (χ0n) is 10.2. The van der Waals surface area contributed by atoms with Gasteiger partial charge in [-0.25, -0.2) is 0 Å². The molecule has 3 nitrogen and oxygen atoms in total. The van der Waals surface area contributed by atoms with Gasteiger partial charge in [0.15, 0.2) is 0 Å². The highest BCUT2D eigenvalue weighted by Crippen LogP contribution is 2.36. The maximum absolute atomic E-state index is 12.9. The monoisotopic (exact) mass is 281 g/mol. The second kappa shape index (κ2) is 5.32. The van der Waals surface area contributed by atoms with E-state index in [4.69, 9.17) is 5.11 Å². The summed E-state index contributed by atoms with van der Waals surface area (Å²) in [5.41, 5.74) is -0.183. The van der Waals surface area contributed by atoms with Crippen molar-refractivity contribution in [2.75, 3.05) is 0 Å². The Morgan fingerprint density at radius 3 is 2.55 bits per heavy atom. The van der Waals surface area contributed by atoms with E-state index < -0.39 is 17.7 Å². The molecule has 0 fully saturated rings. The number of hydrogen-bond donors (Lipinski definition) is 1. The van der Waals surface area contributed by atoms with Gasteiger partial charge in [0.25, 0.3) is 0 Å². The average Bonchev–Trinajstić information content (AvgIpc) is 2.37. The van der Waals surface area contributed by atoms with Crippen molar-refractivity contribution in [2.24, 2.45) is 0 Å². The van der Waals surface area contributed by atoms with Crippen molar-refractivity contribution in [3.05, 3.63) is 53.9 Å². The van der Waals surface area contributed by atoms with E-state index in [1.54, 1.807) is 0 Å². The maximum Gasteiger partial charge on any atom is 0.417 e. The van der Waals surface area contributed by atoms with Crippen LogP contribution in [-0.4, -0.2) is 16.1 Å². The fraction of sp³-hybridized carbons (Fsp3) is 0.143. The number of halogens is 3. The summed E-state index contributed by atoms with van der Waals surface area (Å²) in [5, 5.41) is 8.70. The van der Waals surface area contributed by atoms with Gasteiger partial charge in [-0.2, -0.15) is 13.2 Å².